The first-order chi connectivity index (χ1) is 12.9. The smallest absolute Gasteiger partial charge is 0.180 e. The quantitative estimate of drug-likeness (QED) is 0.394. The molecule has 0 aliphatic heterocycles. The van der Waals surface area contributed by atoms with Crippen molar-refractivity contribution in [2.24, 2.45) is 13.0 Å². The summed E-state index contributed by atoms with van der Waals surface area (Å²) >= 11 is 0. The summed E-state index contributed by atoms with van der Waals surface area (Å²) in [5, 5.41) is 5.03. The van der Waals surface area contributed by atoms with Gasteiger partial charge >= 0.3 is 0 Å². The zero-order valence-corrected chi connectivity index (χ0v) is 17.2. The van der Waals surface area contributed by atoms with Gasteiger partial charge < -0.3 is 8.83 Å². The lowest BCUT2D eigenvalue weighted by Gasteiger charge is -1.95. The Kier molecular flexibility index (Phi) is 10.3. The third kappa shape index (κ3) is 10.0. The molecule has 0 unspecified atom stereocenters. The van der Waals surface area contributed by atoms with E-state index < -0.39 is 0 Å². The fourth-order valence-corrected chi connectivity index (χ4v) is 1.81. The maximum atomic E-state index is 5.63. The average molecular weight is 370 g/mol. The van der Waals surface area contributed by atoms with E-state index in [-0.39, 0.29) is 0 Å². The molecule has 0 spiro atoms. The van der Waals surface area contributed by atoms with E-state index in [2.05, 4.69) is 61.3 Å². The van der Waals surface area contributed by atoms with Gasteiger partial charge in [0.2, 0.25) is 0 Å². The number of aryl methyl sites for hydroxylation is 1. The van der Waals surface area contributed by atoms with Crippen LogP contribution in [-0.2, 0) is 7.05 Å². The van der Waals surface area contributed by atoms with Gasteiger partial charge in [0, 0.05) is 30.7 Å². The Balaban J connectivity index is 0.000000204. The van der Waals surface area contributed by atoms with Crippen molar-refractivity contribution in [3.63, 3.8) is 0 Å². The van der Waals surface area contributed by atoms with Crippen molar-refractivity contribution in [3.8, 4) is 0 Å². The molecule has 4 rings (SSSR count). The van der Waals surface area contributed by atoms with Crippen molar-refractivity contribution in [2.75, 3.05) is 0 Å². The maximum Gasteiger partial charge on any atom is 0.180 e. The molecule has 5 nitrogen and oxygen atoms in total. The molecule has 0 radical (unpaired) electrons. The van der Waals surface area contributed by atoms with E-state index >= 15 is 0 Å². The molecule has 0 amide bonds. The Bertz CT molecular complexity index is 763. The Hall–Kier alpha value is -2.82. The Morgan fingerprint density at radius 1 is 0.963 bits per heavy atom. The summed E-state index contributed by atoms with van der Waals surface area (Å²) in [4.78, 5) is 3.56. The van der Waals surface area contributed by atoms with Crippen LogP contribution in [0.1, 0.15) is 46.3 Å². The normalized spacial score (nSPS) is 9.78. The van der Waals surface area contributed by atoms with Crippen LogP contribution in [0.2, 0.25) is 0 Å². The first kappa shape index (κ1) is 22.2. The van der Waals surface area contributed by atoms with Crippen molar-refractivity contribution in [1.29, 1.82) is 0 Å². The third-order valence-corrected chi connectivity index (χ3v) is 3.00. The van der Waals surface area contributed by atoms with Gasteiger partial charge in [-0.1, -0.05) is 52.8 Å². The largest absolute Gasteiger partial charge is 0.461 e. The summed E-state index contributed by atoms with van der Waals surface area (Å²) in [6.07, 6.45) is 8.11. The van der Waals surface area contributed by atoms with E-state index in [0.717, 1.165) is 17.3 Å². The molecule has 0 N–H and O–H groups in total. The van der Waals surface area contributed by atoms with Crippen LogP contribution in [0.15, 0.2) is 76.5 Å². The number of nitrogens with zero attached hydrogens (tertiary/aromatic N) is 3. The maximum absolute atomic E-state index is 5.63. The molecule has 5 heteroatoms. The van der Waals surface area contributed by atoms with Crippen LogP contribution >= 0.6 is 0 Å². The molecule has 0 aliphatic carbocycles. The van der Waals surface area contributed by atoms with Gasteiger partial charge in [0.05, 0.1) is 6.20 Å². The molecule has 0 bridgehead atoms. The lowest BCUT2D eigenvalue weighted by Crippen LogP contribution is -1.83. The van der Waals surface area contributed by atoms with E-state index in [1.807, 2.05) is 37.5 Å². The van der Waals surface area contributed by atoms with Crippen molar-refractivity contribution in [2.45, 2.75) is 40.5 Å². The van der Waals surface area contributed by atoms with Gasteiger partial charge in [0.1, 0.15) is 17.6 Å². The summed E-state index contributed by atoms with van der Waals surface area (Å²) in [6.45, 7) is 10.8. The topological polar surface area (TPSA) is 57.0 Å². The van der Waals surface area contributed by atoms with Crippen LogP contribution in [0.5, 0.6) is 0 Å². The Morgan fingerprint density at radius 2 is 1.67 bits per heavy atom. The highest BCUT2D eigenvalue weighted by molar-refractivity contribution is 5.77. The SMILES string of the molecule is CC(C)C.CC(C)c1cc2ccccc2o1.Cn1cccn1.c1cocn1. The molecular weight excluding hydrogens is 338 g/mol. The van der Waals surface area contributed by atoms with Gasteiger partial charge in [-0.25, -0.2) is 4.98 Å². The summed E-state index contributed by atoms with van der Waals surface area (Å²) in [5.74, 6) is 2.37. The molecule has 0 fully saturated rings. The van der Waals surface area contributed by atoms with Crippen LogP contribution in [0.25, 0.3) is 11.0 Å². The molecule has 146 valence electrons. The van der Waals surface area contributed by atoms with Crippen molar-refractivity contribution in [3.05, 3.63) is 73.4 Å². The summed E-state index contributed by atoms with van der Waals surface area (Å²) in [6, 6.07) is 12.1. The van der Waals surface area contributed by atoms with E-state index in [1.54, 1.807) is 17.1 Å². The van der Waals surface area contributed by atoms with Gasteiger partial charge in [-0.2, -0.15) is 5.10 Å². The van der Waals surface area contributed by atoms with Crippen LogP contribution in [0.4, 0.5) is 0 Å². The second kappa shape index (κ2) is 12.5. The zero-order valence-electron chi connectivity index (χ0n) is 17.2. The van der Waals surface area contributed by atoms with Crippen molar-refractivity contribution in [1.82, 2.24) is 14.8 Å². The minimum atomic E-state index is 0.470. The lowest BCUT2D eigenvalue weighted by molar-refractivity contribution is 0.522. The standard InChI is InChI=1S/C11H12O.C4H6N2.C4H10.C3H3NO/c1-8(2)11-7-9-5-3-4-6-10(9)12-11;1-6-4-2-3-5-6;1-4(2)3;1-2-5-3-4-1/h3-8H,1-2H3;2-4H,1H3;4H,1-3H3;1-3H. The minimum absolute atomic E-state index is 0.470. The Labute approximate surface area is 162 Å². The summed E-state index contributed by atoms with van der Waals surface area (Å²) in [7, 11) is 1.89. The first-order valence-corrected chi connectivity index (χ1v) is 9.14. The van der Waals surface area contributed by atoms with Crippen LogP contribution in [0.3, 0.4) is 0 Å². The van der Waals surface area contributed by atoms with Crippen molar-refractivity contribution >= 4 is 11.0 Å². The fourth-order valence-electron chi connectivity index (χ4n) is 1.81. The molecule has 0 aliphatic rings. The number of fused-ring (bicyclic) bond motifs is 1. The molecule has 0 saturated carbocycles. The average Bonchev–Trinajstić information content (AvgIpc) is 3.38. The number of para-hydroxylation sites is 1. The van der Waals surface area contributed by atoms with Crippen LogP contribution in [0, 0.1) is 5.92 Å². The highest BCUT2D eigenvalue weighted by Gasteiger charge is 2.05. The number of furan rings is 1. The number of hydrogen-bond donors (Lipinski definition) is 0. The molecule has 3 aromatic heterocycles. The molecule has 0 atom stereocenters. The van der Waals surface area contributed by atoms with E-state index in [1.165, 1.54) is 18.0 Å². The van der Waals surface area contributed by atoms with Crippen LogP contribution in [-0.4, -0.2) is 14.8 Å². The molecule has 3 heterocycles. The highest BCUT2D eigenvalue weighted by atomic mass is 16.3. The predicted molar refractivity (Wildman–Crippen MR) is 111 cm³/mol. The second-order valence-electron chi connectivity index (χ2n) is 6.93. The van der Waals surface area contributed by atoms with Crippen molar-refractivity contribution < 1.29 is 8.83 Å². The Morgan fingerprint density at radius 3 is 2.04 bits per heavy atom. The fraction of sp³-hybridized carbons (Fsp3) is 0.364. The molecular formula is C22H31N3O2. The van der Waals surface area contributed by atoms with Crippen LogP contribution < -0.4 is 0 Å². The number of aromatic nitrogens is 3. The molecule has 27 heavy (non-hydrogen) atoms. The predicted octanol–water partition coefficient (Wildman–Crippen LogP) is 6.31. The zero-order chi connectivity index (χ0) is 20.1. The second-order valence-corrected chi connectivity index (χ2v) is 6.93. The monoisotopic (exact) mass is 369 g/mol. The van der Waals surface area contributed by atoms with Gasteiger partial charge in [-0.15, -0.1) is 0 Å². The van der Waals surface area contributed by atoms with Gasteiger partial charge in [0.25, 0.3) is 0 Å². The van der Waals surface area contributed by atoms with Gasteiger partial charge in [0.15, 0.2) is 6.39 Å². The first-order valence-electron chi connectivity index (χ1n) is 9.14. The third-order valence-electron chi connectivity index (χ3n) is 3.00. The van der Waals surface area contributed by atoms with E-state index in [4.69, 9.17) is 4.42 Å². The number of oxazole rings is 1. The van der Waals surface area contributed by atoms with E-state index in [0.29, 0.717) is 5.92 Å². The van der Waals surface area contributed by atoms with Gasteiger partial charge in [-0.05, 0) is 24.1 Å². The molecule has 4 aromatic rings. The molecule has 0 saturated heterocycles. The molecule has 1 aromatic carbocycles. The van der Waals surface area contributed by atoms with E-state index in [9.17, 15) is 0 Å². The summed E-state index contributed by atoms with van der Waals surface area (Å²) < 4.78 is 11.9. The number of benzene rings is 1. The number of rotatable bonds is 1. The minimum Gasteiger partial charge on any atom is -0.461 e. The number of hydrogen-bond acceptors (Lipinski definition) is 4. The highest BCUT2D eigenvalue weighted by Crippen LogP contribution is 2.23. The van der Waals surface area contributed by atoms with Gasteiger partial charge in [-0.3, -0.25) is 4.68 Å². The summed E-state index contributed by atoms with van der Waals surface area (Å²) in [5.41, 5.74) is 0.987. The lowest BCUT2D eigenvalue weighted by atomic mass is 10.1.